The zero-order valence-corrected chi connectivity index (χ0v) is 19.8. The van der Waals surface area contributed by atoms with E-state index in [-0.39, 0.29) is 53.3 Å². The maximum absolute atomic E-state index is 6.07. The van der Waals surface area contributed by atoms with Crippen LogP contribution in [0.15, 0.2) is 0 Å². The molecule has 5 heteroatoms. The summed E-state index contributed by atoms with van der Waals surface area (Å²) in [7, 11) is 0.101. The Balaban J connectivity index is 0.000000310. The average Bonchev–Trinajstić information content (AvgIpc) is 3.49. The zero-order chi connectivity index (χ0) is 19.8. The molecule has 0 bridgehead atoms. The second-order valence-corrected chi connectivity index (χ2v) is 7.10. The fourth-order valence-corrected chi connectivity index (χ4v) is 3.54. The molecule has 0 spiro atoms. The van der Waals surface area contributed by atoms with E-state index in [4.69, 9.17) is 4.65 Å². The molecule has 2 nitrogen and oxygen atoms in total. The van der Waals surface area contributed by atoms with Crippen LogP contribution in [0.3, 0.4) is 0 Å². The summed E-state index contributed by atoms with van der Waals surface area (Å²) in [5.41, 5.74) is 0. The molecule has 30 heavy (non-hydrogen) atoms. The van der Waals surface area contributed by atoms with Crippen LogP contribution in [0.5, 0.6) is 0 Å². The molecule has 4 aliphatic carbocycles. The Kier molecular flexibility index (Phi) is 15.3. The third-order valence-corrected chi connectivity index (χ3v) is 4.98. The van der Waals surface area contributed by atoms with Crippen molar-refractivity contribution in [2.75, 3.05) is 0 Å². The number of hydrogen-bond donors (Lipinski definition) is 1. The van der Waals surface area contributed by atoms with E-state index in [1.807, 2.05) is 64.2 Å². The molecule has 1 heterocycles. The molecule has 0 unspecified atom stereocenters. The minimum atomic E-state index is 0. The first kappa shape index (κ1) is 29.1. The molecule has 5 rings (SSSR count). The zero-order valence-electron chi connectivity index (χ0n) is 17.6. The Hall–Kier alpha value is 1.02. The molecule has 1 saturated heterocycles. The van der Waals surface area contributed by atoms with E-state index in [1.54, 1.807) is 0 Å². The fraction of sp³-hybridized carbons (Fsp3) is 0.200. The summed E-state index contributed by atoms with van der Waals surface area (Å²) in [6, 6.07) is 0.260. The van der Waals surface area contributed by atoms with Gasteiger partial charge in [-0.15, -0.1) is 0 Å². The van der Waals surface area contributed by atoms with Crippen molar-refractivity contribution in [3.63, 3.8) is 0 Å². The van der Waals surface area contributed by atoms with Crippen LogP contribution >= 0.6 is 0 Å². The Morgan fingerprint density at radius 1 is 0.633 bits per heavy atom. The van der Waals surface area contributed by atoms with Crippen LogP contribution in [0.4, 0.5) is 0 Å². The second kappa shape index (κ2) is 15.8. The number of hydrogen-bond acceptors (Lipinski definition) is 2. The van der Waals surface area contributed by atoms with Crippen LogP contribution < -0.4 is 5.23 Å². The van der Waals surface area contributed by atoms with Gasteiger partial charge in [-0.2, -0.15) is 0 Å². The van der Waals surface area contributed by atoms with Crippen LogP contribution in [0, 0.1) is 126 Å². The molecule has 0 amide bonds. The topological polar surface area (TPSA) is 21.3 Å². The molecule has 5 fully saturated rings. The van der Waals surface area contributed by atoms with Gasteiger partial charge in [-0.1, -0.05) is 13.8 Å². The van der Waals surface area contributed by atoms with Gasteiger partial charge in [0.15, 0.2) is 0 Å². The van der Waals surface area contributed by atoms with E-state index in [0.717, 1.165) is 0 Å². The third-order valence-electron chi connectivity index (χ3n) is 4.98. The van der Waals surface area contributed by atoms with Gasteiger partial charge in [0.05, 0.1) is 6.10 Å². The third kappa shape index (κ3) is 8.76. The molecule has 4 saturated carbocycles. The Bertz CT molecular complexity index is 380. The van der Waals surface area contributed by atoms with Gasteiger partial charge < -0.3 is 9.88 Å². The van der Waals surface area contributed by atoms with Crippen LogP contribution in [0.1, 0.15) is 13.8 Å². The maximum Gasteiger partial charge on any atom is 2.00 e. The van der Waals surface area contributed by atoms with Crippen LogP contribution in [-0.2, 0) is 38.8 Å². The molecule has 5 aliphatic rings. The maximum atomic E-state index is 6.07. The predicted octanol–water partition coefficient (Wildman–Crippen LogP) is 4.09. The van der Waals surface area contributed by atoms with E-state index in [1.165, 1.54) is 23.7 Å². The number of nitrogens with one attached hydrogen (secondary N) is 1. The molecular weight excluding hydrogens is 453 g/mol. The number of rotatable bonds is 2. The molecule has 1 aliphatic heterocycles. The van der Waals surface area contributed by atoms with Gasteiger partial charge >= 0.3 is 41.2 Å². The van der Waals surface area contributed by atoms with Crippen molar-refractivity contribution in [1.82, 2.24) is 5.23 Å². The molecule has 1 N–H and O–H groups in total. The summed E-state index contributed by atoms with van der Waals surface area (Å²) < 4.78 is 6.07. The van der Waals surface area contributed by atoms with Crippen LogP contribution in [-0.4, -0.2) is 19.2 Å². The molecule has 0 aromatic rings. The van der Waals surface area contributed by atoms with Gasteiger partial charge in [-0.05, 0) is 121 Å². The summed E-state index contributed by atoms with van der Waals surface area (Å²) >= 11 is 0. The predicted molar refractivity (Wildman–Crippen MR) is 117 cm³/mol. The normalized spacial score (nSPS) is 30.3. The van der Waals surface area contributed by atoms with E-state index < -0.39 is 0 Å². The van der Waals surface area contributed by atoms with Gasteiger partial charge in [0.25, 0.3) is 0 Å². The summed E-state index contributed by atoms with van der Waals surface area (Å²) in [5, 5.41) is 3.54. The average molecular weight is 481 g/mol. The SMILES string of the molecule is CB1N[C@H]([C]2[CH][CH][CH][C]2C)[C@H]([C]2[CH][CH][CH][C]2C)O1.[CH]1[CH][CH][CH][CH]1.[CH]1[CH][CH][CH][CH]1.[Fe+2].[Fe+2]. The van der Waals surface area contributed by atoms with E-state index in [2.05, 4.69) is 64.4 Å². The first-order valence-corrected chi connectivity index (χ1v) is 9.86. The van der Waals surface area contributed by atoms with Crippen molar-refractivity contribution < 1.29 is 38.8 Å². The molecule has 0 aromatic carbocycles. The summed E-state index contributed by atoms with van der Waals surface area (Å²) in [4.78, 5) is 0. The molecule has 154 valence electrons. The first-order chi connectivity index (χ1) is 13.7. The summed E-state index contributed by atoms with van der Waals surface area (Å²) in [6.07, 6.45) is 33.0. The molecule has 20 radical (unpaired) electrons. The molecule has 2 atom stereocenters. The minimum Gasteiger partial charge on any atom is -0.417 e. The second-order valence-electron chi connectivity index (χ2n) is 7.10. The van der Waals surface area contributed by atoms with Crippen molar-refractivity contribution in [3.05, 3.63) is 126 Å². The summed E-state index contributed by atoms with van der Waals surface area (Å²) in [6.45, 7) is 6.38. The van der Waals surface area contributed by atoms with Crippen molar-refractivity contribution >= 4 is 7.05 Å². The van der Waals surface area contributed by atoms with Gasteiger partial charge in [0.1, 0.15) is 0 Å². The Morgan fingerprint density at radius 3 is 1.40 bits per heavy atom. The van der Waals surface area contributed by atoms with Crippen molar-refractivity contribution in [3.8, 4) is 0 Å². The van der Waals surface area contributed by atoms with E-state index in [0.29, 0.717) is 0 Å². The van der Waals surface area contributed by atoms with E-state index in [9.17, 15) is 0 Å². The quantitative estimate of drug-likeness (QED) is 0.601. The smallest absolute Gasteiger partial charge is 0.417 e. The monoisotopic (exact) mass is 481 g/mol. The molecule has 0 aromatic heterocycles. The first-order valence-electron chi connectivity index (χ1n) is 9.86. The van der Waals surface area contributed by atoms with Crippen molar-refractivity contribution in [1.29, 1.82) is 0 Å². The van der Waals surface area contributed by atoms with Gasteiger partial charge in [-0.3, -0.25) is 0 Å². The Labute approximate surface area is 209 Å². The largest absolute Gasteiger partial charge is 2.00 e. The Morgan fingerprint density at radius 2 is 1.03 bits per heavy atom. The van der Waals surface area contributed by atoms with Gasteiger partial charge in [-0.25, -0.2) is 0 Å². The van der Waals surface area contributed by atoms with Crippen LogP contribution in [0.25, 0.3) is 0 Å². The van der Waals surface area contributed by atoms with Crippen LogP contribution in [0.2, 0.25) is 6.82 Å². The molecular formula is C25H28BFe2NO+4. The summed E-state index contributed by atoms with van der Waals surface area (Å²) in [5.74, 6) is 5.30. The van der Waals surface area contributed by atoms with Crippen molar-refractivity contribution in [2.24, 2.45) is 0 Å². The minimum absolute atomic E-state index is 0. The van der Waals surface area contributed by atoms with Gasteiger partial charge in [0, 0.05) is 17.9 Å². The van der Waals surface area contributed by atoms with E-state index >= 15 is 0 Å². The fourth-order valence-electron chi connectivity index (χ4n) is 3.54. The van der Waals surface area contributed by atoms with Crippen molar-refractivity contribution in [2.45, 2.75) is 32.8 Å². The standard InChI is InChI=1S/C15H18BNO.2C5H5.2Fe/c1-10-6-4-8-12(10)14-15(18-16(3)17-14)13-9-5-7-11(13)2;2*1-2-4-5-3-1;;/h4-9,14-15,17H,1-3H3;2*1-5H;;/q;;;2*+2/t14-,15+;;;;/m1..../s1. The van der Waals surface area contributed by atoms with Gasteiger partial charge in [0.2, 0.25) is 0 Å².